The Labute approximate surface area is 90.9 Å². The first-order chi connectivity index (χ1) is 7.36. The zero-order chi connectivity index (χ0) is 10.9. The van der Waals surface area contributed by atoms with Crippen molar-refractivity contribution in [2.45, 2.75) is 19.8 Å². The molecule has 77 valence electrons. The highest BCUT2D eigenvalue weighted by atomic mass is 16.6. The maximum Gasteiger partial charge on any atom is 0.139 e. The number of hydrogen-bond acceptors (Lipinski definition) is 2. The number of hydrogen-bond donors (Lipinski definition) is 0. The van der Waals surface area contributed by atoms with Crippen molar-refractivity contribution in [1.82, 2.24) is 0 Å². The van der Waals surface area contributed by atoms with Crippen molar-refractivity contribution in [3.63, 3.8) is 0 Å². The monoisotopic (exact) mass is 200 g/mol. The first-order valence-corrected chi connectivity index (χ1v) is 4.97. The van der Waals surface area contributed by atoms with Gasteiger partial charge in [0.1, 0.15) is 12.8 Å². The number of benzene rings is 1. The summed E-state index contributed by atoms with van der Waals surface area (Å²) in [5, 5.41) is 3.69. The highest BCUT2D eigenvalue weighted by Crippen LogP contribution is 2.02. The van der Waals surface area contributed by atoms with Crippen LogP contribution in [0.15, 0.2) is 29.4 Å². The van der Waals surface area contributed by atoms with Gasteiger partial charge in [0.2, 0.25) is 0 Å². The van der Waals surface area contributed by atoms with Crippen LogP contribution in [-0.4, -0.2) is 12.8 Å². The number of terminal acetylenes is 1. The second-order valence-corrected chi connectivity index (χ2v) is 3.04. The van der Waals surface area contributed by atoms with E-state index in [-0.39, 0.29) is 0 Å². The molecule has 0 aliphatic carbocycles. The van der Waals surface area contributed by atoms with Crippen LogP contribution >= 0.6 is 0 Å². The molecular formula is C13H14NO. The summed E-state index contributed by atoms with van der Waals surface area (Å²) >= 11 is 0. The van der Waals surface area contributed by atoms with E-state index in [1.807, 2.05) is 12.1 Å². The molecule has 0 N–H and O–H groups in total. The quantitative estimate of drug-likeness (QED) is 0.310. The van der Waals surface area contributed by atoms with Crippen LogP contribution in [0.4, 0.5) is 0 Å². The van der Waals surface area contributed by atoms with Crippen molar-refractivity contribution in [2.24, 2.45) is 5.16 Å². The lowest BCUT2D eigenvalue weighted by Crippen LogP contribution is -1.88. The molecular weight excluding hydrogens is 186 g/mol. The Balaban J connectivity index is 2.40. The summed E-state index contributed by atoms with van der Waals surface area (Å²) in [7, 11) is 0. The molecule has 0 heterocycles. The van der Waals surface area contributed by atoms with Gasteiger partial charge in [0.15, 0.2) is 0 Å². The Kier molecular flexibility index (Phi) is 5.03. The Bertz CT molecular complexity index is 346. The SMILES string of the molecule is C#CCCON=[C]c1ccc(CC)cc1. The molecule has 0 aliphatic rings. The molecule has 0 spiro atoms. The van der Waals surface area contributed by atoms with Gasteiger partial charge >= 0.3 is 0 Å². The Morgan fingerprint density at radius 1 is 1.33 bits per heavy atom. The normalized spacial score (nSPS) is 10.1. The van der Waals surface area contributed by atoms with Gasteiger partial charge in [-0.05, 0) is 12.0 Å². The summed E-state index contributed by atoms with van der Waals surface area (Å²) in [6.45, 7) is 2.56. The highest BCUT2D eigenvalue weighted by molar-refractivity contribution is 5.79. The summed E-state index contributed by atoms with van der Waals surface area (Å²) in [6, 6.07) is 8.04. The summed E-state index contributed by atoms with van der Waals surface area (Å²) in [5.74, 6) is 2.47. The minimum Gasteiger partial charge on any atom is -0.394 e. The summed E-state index contributed by atoms with van der Waals surface area (Å²) < 4.78 is 0. The van der Waals surface area contributed by atoms with Crippen molar-refractivity contribution in [3.05, 3.63) is 35.4 Å². The molecule has 0 atom stereocenters. The standard InChI is InChI=1S/C13H14NO/c1-3-5-10-15-14-11-13-8-6-12(4-2)7-9-13/h1,6-9H,4-5,10H2,2H3. The average molecular weight is 200 g/mol. The zero-order valence-electron chi connectivity index (χ0n) is 8.86. The first kappa shape index (κ1) is 11.3. The minimum atomic E-state index is 0.441. The van der Waals surface area contributed by atoms with E-state index in [9.17, 15) is 0 Å². The van der Waals surface area contributed by atoms with E-state index in [1.165, 1.54) is 5.56 Å². The van der Waals surface area contributed by atoms with E-state index >= 15 is 0 Å². The zero-order valence-corrected chi connectivity index (χ0v) is 8.86. The van der Waals surface area contributed by atoms with Gasteiger partial charge in [-0.25, -0.2) is 0 Å². The predicted octanol–water partition coefficient (Wildman–Crippen LogP) is 2.50. The lowest BCUT2D eigenvalue weighted by molar-refractivity contribution is 0.152. The van der Waals surface area contributed by atoms with E-state index < -0.39 is 0 Å². The number of nitrogens with zero attached hydrogens (tertiary/aromatic N) is 1. The van der Waals surface area contributed by atoms with E-state index in [1.54, 1.807) is 0 Å². The molecule has 15 heavy (non-hydrogen) atoms. The summed E-state index contributed by atoms with van der Waals surface area (Å²) in [4.78, 5) is 4.91. The van der Waals surface area contributed by atoms with Crippen molar-refractivity contribution >= 4 is 6.21 Å². The molecule has 0 unspecified atom stereocenters. The van der Waals surface area contributed by atoms with Crippen LogP contribution in [0.1, 0.15) is 24.5 Å². The van der Waals surface area contributed by atoms with Crippen LogP contribution in [0.3, 0.4) is 0 Å². The Morgan fingerprint density at radius 3 is 2.67 bits per heavy atom. The van der Waals surface area contributed by atoms with Crippen molar-refractivity contribution in [3.8, 4) is 12.3 Å². The maximum absolute atomic E-state index is 5.06. The molecule has 0 aromatic heterocycles. The van der Waals surface area contributed by atoms with Gasteiger partial charge in [-0.1, -0.05) is 36.3 Å². The summed E-state index contributed by atoms with van der Waals surface area (Å²) in [6.07, 6.45) is 9.46. The van der Waals surface area contributed by atoms with E-state index in [0.717, 1.165) is 12.0 Å². The van der Waals surface area contributed by atoms with Crippen molar-refractivity contribution in [2.75, 3.05) is 6.61 Å². The molecule has 0 bridgehead atoms. The van der Waals surface area contributed by atoms with Crippen molar-refractivity contribution < 1.29 is 4.84 Å². The van der Waals surface area contributed by atoms with Gasteiger partial charge in [0.05, 0.1) is 0 Å². The first-order valence-electron chi connectivity index (χ1n) is 4.97. The highest BCUT2D eigenvalue weighted by Gasteiger charge is 1.90. The fourth-order valence-corrected chi connectivity index (χ4v) is 1.05. The molecule has 0 saturated heterocycles. The second-order valence-electron chi connectivity index (χ2n) is 3.04. The second kappa shape index (κ2) is 6.67. The van der Waals surface area contributed by atoms with Gasteiger partial charge in [-0.2, -0.15) is 0 Å². The van der Waals surface area contributed by atoms with E-state index in [2.05, 4.69) is 36.3 Å². The molecule has 1 aromatic carbocycles. The van der Waals surface area contributed by atoms with Crippen LogP contribution in [0, 0.1) is 12.3 Å². The predicted molar refractivity (Wildman–Crippen MR) is 61.8 cm³/mol. The van der Waals surface area contributed by atoms with Gasteiger partial charge in [-0.3, -0.25) is 0 Å². The fourth-order valence-electron chi connectivity index (χ4n) is 1.05. The lowest BCUT2D eigenvalue weighted by Gasteiger charge is -1.96. The van der Waals surface area contributed by atoms with E-state index in [0.29, 0.717) is 13.0 Å². The Hall–Kier alpha value is -1.75. The van der Waals surface area contributed by atoms with Gasteiger partial charge < -0.3 is 4.84 Å². The molecule has 0 fully saturated rings. The summed E-state index contributed by atoms with van der Waals surface area (Å²) in [5.41, 5.74) is 2.21. The maximum atomic E-state index is 5.06. The molecule has 0 saturated carbocycles. The van der Waals surface area contributed by atoms with Crippen LogP contribution in [0.25, 0.3) is 0 Å². The molecule has 2 nitrogen and oxygen atoms in total. The molecule has 1 aromatic rings. The largest absolute Gasteiger partial charge is 0.394 e. The third kappa shape index (κ3) is 4.33. The third-order valence-corrected chi connectivity index (χ3v) is 1.94. The van der Waals surface area contributed by atoms with Crippen LogP contribution < -0.4 is 0 Å². The topological polar surface area (TPSA) is 21.6 Å². The molecule has 2 heteroatoms. The van der Waals surface area contributed by atoms with Gasteiger partial charge in [0, 0.05) is 12.0 Å². The lowest BCUT2D eigenvalue weighted by atomic mass is 10.1. The Morgan fingerprint density at radius 2 is 2.07 bits per heavy atom. The number of rotatable bonds is 5. The molecule has 0 amide bonds. The molecule has 1 radical (unpaired) electrons. The number of aryl methyl sites for hydroxylation is 1. The van der Waals surface area contributed by atoms with Gasteiger partial charge in [-0.15, -0.1) is 12.3 Å². The minimum absolute atomic E-state index is 0.441. The van der Waals surface area contributed by atoms with Crippen LogP contribution in [0.5, 0.6) is 0 Å². The fraction of sp³-hybridized carbons (Fsp3) is 0.308. The third-order valence-electron chi connectivity index (χ3n) is 1.94. The van der Waals surface area contributed by atoms with Crippen molar-refractivity contribution in [1.29, 1.82) is 0 Å². The van der Waals surface area contributed by atoms with Crippen LogP contribution in [0.2, 0.25) is 0 Å². The smallest absolute Gasteiger partial charge is 0.139 e. The molecule has 0 aliphatic heterocycles. The molecule has 1 rings (SSSR count). The van der Waals surface area contributed by atoms with Crippen LogP contribution in [-0.2, 0) is 11.3 Å². The van der Waals surface area contributed by atoms with Gasteiger partial charge in [0.25, 0.3) is 0 Å². The average Bonchev–Trinajstić information content (AvgIpc) is 2.30. The van der Waals surface area contributed by atoms with E-state index in [4.69, 9.17) is 11.3 Å².